The predicted molar refractivity (Wildman–Crippen MR) is 136 cm³/mol. The molecule has 7 nitrogen and oxygen atoms in total. The highest BCUT2D eigenvalue weighted by Crippen LogP contribution is 2.42. The number of aromatic nitrogens is 3. The molecule has 5 rings (SSSR count). The van der Waals surface area contributed by atoms with Crippen molar-refractivity contribution in [3.8, 4) is 22.8 Å². The van der Waals surface area contributed by atoms with Crippen LogP contribution in [-0.2, 0) is 0 Å². The molecule has 0 bridgehead atoms. The van der Waals surface area contributed by atoms with Crippen LogP contribution in [0.1, 0.15) is 33.2 Å². The second-order valence-corrected chi connectivity index (χ2v) is 10.4. The summed E-state index contributed by atoms with van der Waals surface area (Å²) < 4.78 is 21.5. The quantitative estimate of drug-likeness (QED) is 0.320. The highest BCUT2D eigenvalue weighted by atomic mass is 35.5. The van der Waals surface area contributed by atoms with Crippen molar-refractivity contribution in [2.75, 3.05) is 6.54 Å². The van der Waals surface area contributed by atoms with Crippen molar-refractivity contribution >= 4 is 28.6 Å². The molecule has 9 heteroatoms. The number of ether oxygens (including phenoxy) is 1. The van der Waals surface area contributed by atoms with Crippen molar-refractivity contribution in [3.63, 3.8) is 0 Å². The molecule has 2 aromatic carbocycles. The van der Waals surface area contributed by atoms with Crippen molar-refractivity contribution in [1.29, 1.82) is 0 Å². The summed E-state index contributed by atoms with van der Waals surface area (Å²) in [6, 6.07) is 13.3. The maximum atomic E-state index is 13.8. The summed E-state index contributed by atoms with van der Waals surface area (Å²) in [5, 5.41) is 15.6. The van der Waals surface area contributed by atoms with Gasteiger partial charge in [-0.1, -0.05) is 38.4 Å². The van der Waals surface area contributed by atoms with E-state index in [0.717, 1.165) is 22.2 Å². The molecule has 4 aromatic rings. The van der Waals surface area contributed by atoms with Crippen LogP contribution >= 0.6 is 11.6 Å². The van der Waals surface area contributed by atoms with E-state index < -0.39 is 11.9 Å². The molecule has 3 heterocycles. The van der Waals surface area contributed by atoms with Gasteiger partial charge in [0.15, 0.2) is 0 Å². The van der Waals surface area contributed by atoms with Gasteiger partial charge < -0.3 is 14.7 Å². The third kappa shape index (κ3) is 4.26. The minimum atomic E-state index is -0.912. The van der Waals surface area contributed by atoms with Crippen LogP contribution in [0.2, 0.25) is 5.02 Å². The zero-order chi connectivity index (χ0) is 25.6. The summed E-state index contributed by atoms with van der Waals surface area (Å²) in [6.07, 6.45) is 3.26. The fourth-order valence-corrected chi connectivity index (χ4v) is 5.28. The van der Waals surface area contributed by atoms with Gasteiger partial charge in [-0.3, -0.25) is 9.67 Å². The number of hydrogen-bond donors (Lipinski definition) is 1. The van der Waals surface area contributed by atoms with Crippen molar-refractivity contribution < 1.29 is 19.0 Å². The Kier molecular flexibility index (Phi) is 6.08. The Morgan fingerprint density at radius 2 is 1.92 bits per heavy atom. The van der Waals surface area contributed by atoms with Crippen LogP contribution in [0, 0.1) is 11.2 Å². The average Bonchev–Trinajstić information content (AvgIpc) is 3.45. The highest BCUT2D eigenvalue weighted by molar-refractivity contribution is 6.32. The van der Waals surface area contributed by atoms with Crippen molar-refractivity contribution in [3.05, 3.63) is 71.8 Å². The molecule has 0 spiro atoms. The number of halogens is 2. The second kappa shape index (κ2) is 9.09. The number of hydrogen-bond acceptors (Lipinski definition) is 4. The molecule has 186 valence electrons. The Morgan fingerprint density at radius 1 is 1.17 bits per heavy atom. The number of fused-ring (bicyclic) bond motifs is 1. The Morgan fingerprint density at radius 3 is 2.61 bits per heavy atom. The molecule has 2 unspecified atom stereocenters. The molecule has 1 fully saturated rings. The first kappa shape index (κ1) is 24.1. The molecule has 1 N–H and O–H groups in total. The normalized spacial score (nSPS) is 18.1. The number of nitrogens with zero attached hydrogens (tertiary/aromatic N) is 4. The summed E-state index contributed by atoms with van der Waals surface area (Å²) >= 11 is 6.01. The van der Waals surface area contributed by atoms with Gasteiger partial charge in [-0.05, 0) is 54.3 Å². The topological polar surface area (TPSA) is 80.5 Å². The molecular weight excluding hydrogens is 483 g/mol. The van der Waals surface area contributed by atoms with E-state index in [1.54, 1.807) is 30.6 Å². The first-order valence-corrected chi connectivity index (χ1v) is 12.1. The minimum absolute atomic E-state index is 0.0715. The zero-order valence-electron chi connectivity index (χ0n) is 20.2. The number of benzene rings is 2. The van der Waals surface area contributed by atoms with Crippen molar-refractivity contribution in [1.82, 2.24) is 19.7 Å². The van der Waals surface area contributed by atoms with Gasteiger partial charge >= 0.3 is 6.09 Å². The number of pyridine rings is 1. The summed E-state index contributed by atoms with van der Waals surface area (Å²) in [5.41, 5.74) is 2.22. The van der Waals surface area contributed by atoms with Gasteiger partial charge in [0.2, 0.25) is 0 Å². The van der Waals surface area contributed by atoms with E-state index in [4.69, 9.17) is 21.4 Å². The van der Waals surface area contributed by atoms with E-state index >= 15 is 0 Å². The molecule has 1 saturated heterocycles. The fourth-order valence-electron chi connectivity index (χ4n) is 5.11. The smallest absolute Gasteiger partial charge is 0.407 e. The third-order valence-corrected chi connectivity index (χ3v) is 6.96. The van der Waals surface area contributed by atoms with Crippen LogP contribution in [0.3, 0.4) is 0 Å². The number of rotatable bonds is 4. The lowest BCUT2D eigenvalue weighted by molar-refractivity contribution is 0.0914. The van der Waals surface area contributed by atoms with Gasteiger partial charge in [0.25, 0.3) is 0 Å². The third-order valence-electron chi connectivity index (χ3n) is 6.59. The maximum Gasteiger partial charge on any atom is 0.407 e. The summed E-state index contributed by atoms with van der Waals surface area (Å²) in [7, 11) is 0. The van der Waals surface area contributed by atoms with Crippen LogP contribution in [0.4, 0.5) is 9.18 Å². The van der Waals surface area contributed by atoms with Crippen LogP contribution in [0.5, 0.6) is 11.5 Å². The van der Waals surface area contributed by atoms with Crippen LogP contribution in [-0.4, -0.2) is 43.5 Å². The molecule has 36 heavy (non-hydrogen) atoms. The zero-order valence-corrected chi connectivity index (χ0v) is 20.9. The molecule has 1 aliphatic heterocycles. The lowest BCUT2D eigenvalue weighted by Gasteiger charge is -2.37. The largest absolute Gasteiger partial charge is 0.465 e. The number of amides is 1. The summed E-state index contributed by atoms with van der Waals surface area (Å²) in [4.78, 5) is 17.8. The van der Waals surface area contributed by atoms with Gasteiger partial charge in [0.05, 0.1) is 17.6 Å². The lowest BCUT2D eigenvalue weighted by atomic mass is 9.82. The number of carboxylic acid groups (broad SMARTS) is 1. The summed E-state index contributed by atoms with van der Waals surface area (Å²) in [6.45, 7) is 6.63. The SMILES string of the molecule is CC(C)(C)C1C(n2nc(-c3ccc(Oc4cccc(F)c4Cl)cc3)c3cnccc32)CCN1C(=O)O. The maximum absolute atomic E-state index is 13.8. The standard InChI is InChI=1S/C27H26ClFN4O3/c1-27(2,3)25-21(12-14-32(25)26(34)35)33-20-11-13-30-15-18(20)24(31-33)16-7-9-17(10-8-16)36-22-6-4-5-19(29)23(22)28/h4-11,13,15,21,25H,12,14H2,1-3H3,(H,34,35). The monoisotopic (exact) mass is 508 g/mol. The fraction of sp³-hybridized carbons (Fsp3) is 0.296. The lowest BCUT2D eigenvalue weighted by Crippen LogP contribution is -2.46. The molecule has 1 amide bonds. The van der Waals surface area contributed by atoms with E-state index in [9.17, 15) is 14.3 Å². The molecule has 2 aromatic heterocycles. The Balaban J connectivity index is 1.52. The Labute approximate surface area is 213 Å². The average molecular weight is 509 g/mol. The molecular formula is C27H26ClFN4O3. The minimum Gasteiger partial charge on any atom is -0.465 e. The number of carbonyl (C=O) groups is 1. The Hall–Kier alpha value is -3.65. The van der Waals surface area contributed by atoms with Gasteiger partial charge in [0.1, 0.15) is 28.0 Å². The van der Waals surface area contributed by atoms with Gasteiger partial charge in [-0.25, -0.2) is 9.18 Å². The molecule has 0 aliphatic carbocycles. The molecule has 0 radical (unpaired) electrons. The second-order valence-electron chi connectivity index (χ2n) is 10.0. The highest BCUT2D eigenvalue weighted by Gasteiger charge is 2.45. The van der Waals surface area contributed by atoms with Crippen LogP contribution < -0.4 is 4.74 Å². The van der Waals surface area contributed by atoms with E-state index in [1.165, 1.54) is 17.0 Å². The molecule has 0 saturated carbocycles. The molecule has 2 atom stereocenters. The first-order chi connectivity index (χ1) is 17.1. The van der Waals surface area contributed by atoms with E-state index in [1.807, 2.05) is 22.9 Å². The van der Waals surface area contributed by atoms with E-state index in [2.05, 4.69) is 25.8 Å². The van der Waals surface area contributed by atoms with Crippen molar-refractivity contribution in [2.24, 2.45) is 5.41 Å². The molecule has 1 aliphatic rings. The summed E-state index contributed by atoms with van der Waals surface area (Å²) in [5.74, 6) is 0.201. The Bertz CT molecular complexity index is 1430. The van der Waals surface area contributed by atoms with Gasteiger partial charge in [-0.15, -0.1) is 0 Å². The van der Waals surface area contributed by atoms with E-state index in [0.29, 0.717) is 18.7 Å². The van der Waals surface area contributed by atoms with Crippen LogP contribution in [0.25, 0.3) is 22.2 Å². The van der Waals surface area contributed by atoms with Crippen LogP contribution in [0.15, 0.2) is 60.9 Å². The number of likely N-dealkylation sites (tertiary alicyclic amines) is 1. The first-order valence-electron chi connectivity index (χ1n) is 11.7. The van der Waals surface area contributed by atoms with Gasteiger partial charge in [0, 0.05) is 29.9 Å². The van der Waals surface area contributed by atoms with Crippen molar-refractivity contribution in [2.45, 2.75) is 39.3 Å². The predicted octanol–water partition coefficient (Wildman–Crippen LogP) is 7.02. The van der Waals surface area contributed by atoms with Gasteiger partial charge in [-0.2, -0.15) is 5.10 Å². The van der Waals surface area contributed by atoms with E-state index in [-0.39, 0.29) is 28.3 Å².